The van der Waals surface area contributed by atoms with Crippen LogP contribution >= 0.6 is 0 Å². The summed E-state index contributed by atoms with van der Waals surface area (Å²) in [6.45, 7) is 5.15. The molecule has 1 heterocycles. The third-order valence-corrected chi connectivity index (χ3v) is 3.89. The quantitative estimate of drug-likeness (QED) is 0.848. The van der Waals surface area contributed by atoms with Gasteiger partial charge in [0.15, 0.2) is 11.6 Å². The molecule has 2 rings (SSSR count). The first-order chi connectivity index (χ1) is 10.6. The highest BCUT2D eigenvalue weighted by molar-refractivity contribution is 5.92. The summed E-state index contributed by atoms with van der Waals surface area (Å²) in [6.07, 6.45) is 3.03. The van der Waals surface area contributed by atoms with Gasteiger partial charge in [0, 0.05) is 17.8 Å². The Morgan fingerprint density at radius 3 is 2.68 bits per heavy atom. The molecular weight excluding hydrogens is 288 g/mol. The van der Waals surface area contributed by atoms with E-state index in [0.717, 1.165) is 51.0 Å². The van der Waals surface area contributed by atoms with E-state index in [0.29, 0.717) is 6.04 Å². The minimum atomic E-state index is -0.957. The van der Waals surface area contributed by atoms with Gasteiger partial charge >= 0.3 is 0 Å². The van der Waals surface area contributed by atoms with Gasteiger partial charge < -0.3 is 10.6 Å². The molecule has 0 atom stereocenters. The van der Waals surface area contributed by atoms with Crippen molar-refractivity contribution in [2.75, 3.05) is 31.5 Å². The number of amides is 1. The average molecular weight is 311 g/mol. The lowest BCUT2D eigenvalue weighted by atomic mass is 10.0. The molecule has 0 aromatic heterocycles. The van der Waals surface area contributed by atoms with E-state index in [4.69, 9.17) is 0 Å². The van der Waals surface area contributed by atoms with Crippen LogP contribution in [0.4, 0.5) is 14.5 Å². The van der Waals surface area contributed by atoms with Gasteiger partial charge in [0.05, 0.1) is 6.54 Å². The second-order valence-corrected chi connectivity index (χ2v) is 5.63. The van der Waals surface area contributed by atoms with Gasteiger partial charge in [0.1, 0.15) is 0 Å². The Kier molecular flexibility index (Phi) is 6.27. The van der Waals surface area contributed by atoms with Gasteiger partial charge in [-0.2, -0.15) is 0 Å². The molecule has 22 heavy (non-hydrogen) atoms. The van der Waals surface area contributed by atoms with E-state index in [-0.39, 0.29) is 18.1 Å². The first-order valence-electron chi connectivity index (χ1n) is 7.80. The number of anilines is 1. The van der Waals surface area contributed by atoms with Crippen molar-refractivity contribution in [3.8, 4) is 0 Å². The Balaban J connectivity index is 1.93. The summed E-state index contributed by atoms with van der Waals surface area (Å²) in [5, 5.41) is 5.95. The number of piperidine rings is 1. The first kappa shape index (κ1) is 16.8. The average Bonchev–Trinajstić information content (AvgIpc) is 2.51. The summed E-state index contributed by atoms with van der Waals surface area (Å²) in [4.78, 5) is 14.3. The summed E-state index contributed by atoms with van der Waals surface area (Å²) in [5.74, 6) is -2.07. The summed E-state index contributed by atoms with van der Waals surface area (Å²) in [6, 6.07) is 3.78. The Morgan fingerprint density at radius 1 is 1.32 bits per heavy atom. The molecule has 0 unspecified atom stereocenters. The molecule has 1 amide bonds. The van der Waals surface area contributed by atoms with Crippen molar-refractivity contribution in [2.45, 2.75) is 32.2 Å². The van der Waals surface area contributed by atoms with Crippen molar-refractivity contribution in [1.82, 2.24) is 10.2 Å². The highest BCUT2D eigenvalue weighted by atomic mass is 19.2. The molecule has 4 nitrogen and oxygen atoms in total. The van der Waals surface area contributed by atoms with Crippen molar-refractivity contribution >= 4 is 11.6 Å². The molecule has 0 saturated carbocycles. The molecule has 1 fully saturated rings. The van der Waals surface area contributed by atoms with Crippen LogP contribution in [0.2, 0.25) is 0 Å². The van der Waals surface area contributed by atoms with Crippen LogP contribution in [0, 0.1) is 11.6 Å². The van der Waals surface area contributed by atoms with Crippen LogP contribution in [-0.4, -0.2) is 43.0 Å². The zero-order valence-electron chi connectivity index (χ0n) is 12.9. The second kappa shape index (κ2) is 8.19. The van der Waals surface area contributed by atoms with E-state index in [1.165, 1.54) is 6.07 Å². The summed E-state index contributed by atoms with van der Waals surface area (Å²) < 4.78 is 26.0. The Morgan fingerprint density at radius 2 is 2.05 bits per heavy atom. The van der Waals surface area contributed by atoms with Crippen molar-refractivity contribution in [2.24, 2.45) is 0 Å². The lowest BCUT2D eigenvalue weighted by Gasteiger charge is -2.34. The molecule has 1 aromatic carbocycles. The molecule has 2 N–H and O–H groups in total. The third kappa shape index (κ3) is 4.74. The highest BCUT2D eigenvalue weighted by Gasteiger charge is 2.22. The van der Waals surface area contributed by atoms with Crippen LogP contribution in [0.15, 0.2) is 18.2 Å². The number of rotatable bonds is 6. The van der Waals surface area contributed by atoms with Crippen LogP contribution in [0.5, 0.6) is 0 Å². The second-order valence-electron chi connectivity index (χ2n) is 5.63. The molecule has 1 aliphatic heterocycles. The first-order valence-corrected chi connectivity index (χ1v) is 7.80. The largest absolute Gasteiger partial charge is 0.325 e. The fraction of sp³-hybridized carbons (Fsp3) is 0.562. The standard InChI is InChI=1S/C16H23F2N3O/c1-2-9-21(13-5-7-19-8-6-13)11-16(22)20-12-3-4-14(17)15(18)10-12/h3-4,10,13,19H,2,5-9,11H2,1H3,(H,20,22). The third-order valence-electron chi connectivity index (χ3n) is 3.89. The normalized spacial score (nSPS) is 16.0. The number of nitrogens with one attached hydrogen (secondary N) is 2. The molecular formula is C16H23F2N3O. The lowest BCUT2D eigenvalue weighted by molar-refractivity contribution is -0.118. The number of carbonyl (C=O) groups excluding carboxylic acids is 1. The van der Waals surface area contributed by atoms with Crippen molar-refractivity contribution in [3.63, 3.8) is 0 Å². The zero-order chi connectivity index (χ0) is 15.9. The van der Waals surface area contributed by atoms with Gasteiger partial charge in [-0.1, -0.05) is 6.92 Å². The van der Waals surface area contributed by atoms with E-state index in [9.17, 15) is 13.6 Å². The van der Waals surface area contributed by atoms with Crippen LogP contribution < -0.4 is 10.6 Å². The summed E-state index contributed by atoms with van der Waals surface area (Å²) in [5.41, 5.74) is 0.283. The number of benzene rings is 1. The fourth-order valence-electron chi connectivity index (χ4n) is 2.81. The maximum Gasteiger partial charge on any atom is 0.238 e. The number of nitrogens with zero attached hydrogens (tertiary/aromatic N) is 1. The molecule has 0 radical (unpaired) electrons. The maximum atomic E-state index is 13.2. The van der Waals surface area contributed by atoms with E-state index >= 15 is 0 Å². The van der Waals surface area contributed by atoms with E-state index in [1.807, 2.05) is 0 Å². The van der Waals surface area contributed by atoms with Crippen LogP contribution in [-0.2, 0) is 4.79 Å². The van der Waals surface area contributed by atoms with E-state index in [1.54, 1.807) is 0 Å². The smallest absolute Gasteiger partial charge is 0.238 e. The molecule has 0 bridgehead atoms. The number of halogens is 2. The predicted octanol–water partition coefficient (Wildman–Crippen LogP) is 2.37. The molecule has 1 saturated heterocycles. The van der Waals surface area contributed by atoms with Gasteiger partial charge in [-0.05, 0) is 51.0 Å². The Hall–Kier alpha value is -1.53. The van der Waals surface area contributed by atoms with Crippen molar-refractivity contribution in [3.05, 3.63) is 29.8 Å². The monoisotopic (exact) mass is 311 g/mol. The lowest BCUT2D eigenvalue weighted by Crippen LogP contribution is -2.46. The minimum Gasteiger partial charge on any atom is -0.325 e. The maximum absolute atomic E-state index is 13.2. The summed E-state index contributed by atoms with van der Waals surface area (Å²) in [7, 11) is 0. The predicted molar refractivity (Wildman–Crippen MR) is 82.7 cm³/mol. The molecule has 0 spiro atoms. The van der Waals surface area contributed by atoms with E-state index in [2.05, 4.69) is 22.5 Å². The molecule has 1 aliphatic rings. The topological polar surface area (TPSA) is 44.4 Å². The summed E-state index contributed by atoms with van der Waals surface area (Å²) >= 11 is 0. The number of hydrogen-bond donors (Lipinski definition) is 2. The van der Waals surface area contributed by atoms with Crippen molar-refractivity contribution < 1.29 is 13.6 Å². The molecule has 122 valence electrons. The van der Waals surface area contributed by atoms with Gasteiger partial charge in [-0.15, -0.1) is 0 Å². The molecule has 0 aliphatic carbocycles. The van der Waals surface area contributed by atoms with Crippen molar-refractivity contribution in [1.29, 1.82) is 0 Å². The SMILES string of the molecule is CCCN(CC(=O)Nc1ccc(F)c(F)c1)C1CCNCC1. The van der Waals surface area contributed by atoms with Crippen LogP contribution in [0.25, 0.3) is 0 Å². The number of carbonyl (C=O) groups is 1. The highest BCUT2D eigenvalue weighted by Crippen LogP contribution is 2.15. The minimum absolute atomic E-state index is 0.196. The fourth-order valence-corrected chi connectivity index (χ4v) is 2.81. The van der Waals surface area contributed by atoms with Gasteiger partial charge in [0.25, 0.3) is 0 Å². The molecule has 6 heteroatoms. The van der Waals surface area contributed by atoms with Gasteiger partial charge in [-0.3, -0.25) is 9.69 Å². The molecule has 1 aromatic rings. The van der Waals surface area contributed by atoms with Crippen LogP contribution in [0.1, 0.15) is 26.2 Å². The Labute approximate surface area is 129 Å². The van der Waals surface area contributed by atoms with E-state index < -0.39 is 11.6 Å². The Bertz CT molecular complexity index is 504. The number of hydrogen-bond acceptors (Lipinski definition) is 3. The van der Waals surface area contributed by atoms with Gasteiger partial charge in [0.2, 0.25) is 5.91 Å². The van der Waals surface area contributed by atoms with Gasteiger partial charge in [-0.25, -0.2) is 8.78 Å². The zero-order valence-corrected chi connectivity index (χ0v) is 12.9. The van der Waals surface area contributed by atoms with Crippen LogP contribution in [0.3, 0.4) is 0 Å².